The molecular formula is C17H21N3O3. The van der Waals surface area contributed by atoms with Crippen LogP contribution in [0, 0.1) is 11.3 Å². The van der Waals surface area contributed by atoms with E-state index in [4.69, 9.17) is 9.63 Å². The van der Waals surface area contributed by atoms with Crippen LogP contribution >= 0.6 is 0 Å². The van der Waals surface area contributed by atoms with Gasteiger partial charge in [-0.2, -0.15) is 0 Å². The Morgan fingerprint density at radius 2 is 2.35 bits per heavy atom. The number of carbonyl (C=O) groups is 1. The van der Waals surface area contributed by atoms with Crippen molar-refractivity contribution >= 4 is 5.91 Å². The van der Waals surface area contributed by atoms with Crippen LogP contribution in [0.2, 0.25) is 0 Å². The normalized spacial score (nSPS) is 22.4. The van der Waals surface area contributed by atoms with Gasteiger partial charge in [-0.3, -0.25) is 9.78 Å². The van der Waals surface area contributed by atoms with Gasteiger partial charge in [0.1, 0.15) is 6.61 Å². The summed E-state index contributed by atoms with van der Waals surface area (Å²) in [4.78, 5) is 16.2. The van der Waals surface area contributed by atoms with E-state index in [1.54, 1.807) is 30.6 Å². The third kappa shape index (κ3) is 3.12. The van der Waals surface area contributed by atoms with Gasteiger partial charge in [0, 0.05) is 24.5 Å². The van der Waals surface area contributed by atoms with E-state index in [0.29, 0.717) is 17.2 Å². The highest BCUT2D eigenvalue weighted by molar-refractivity contribution is 5.94. The van der Waals surface area contributed by atoms with Crippen LogP contribution in [0.25, 0.3) is 0 Å². The molecule has 1 aliphatic carbocycles. The van der Waals surface area contributed by atoms with Gasteiger partial charge in [0.15, 0.2) is 5.76 Å². The number of aliphatic hydroxyl groups excluding tert-OH is 1. The summed E-state index contributed by atoms with van der Waals surface area (Å²) < 4.78 is 5.02. The Balaban J connectivity index is 1.59. The lowest BCUT2D eigenvalue weighted by Crippen LogP contribution is -2.58. The van der Waals surface area contributed by atoms with Crippen LogP contribution in [0.1, 0.15) is 42.1 Å². The lowest BCUT2D eigenvalue weighted by Gasteiger charge is -2.52. The average molecular weight is 315 g/mol. The molecule has 2 aromatic heterocycles. The average Bonchev–Trinajstić information content (AvgIpc) is 3.02. The summed E-state index contributed by atoms with van der Waals surface area (Å²) >= 11 is 0. The van der Waals surface area contributed by atoms with Gasteiger partial charge in [-0.05, 0) is 36.3 Å². The fraction of sp³-hybridized carbons (Fsp3) is 0.471. The Morgan fingerprint density at radius 1 is 1.52 bits per heavy atom. The molecule has 0 bridgehead atoms. The van der Waals surface area contributed by atoms with Crippen LogP contribution < -0.4 is 5.32 Å². The van der Waals surface area contributed by atoms with Gasteiger partial charge in [0.25, 0.3) is 5.91 Å². The summed E-state index contributed by atoms with van der Waals surface area (Å²) in [6.07, 6.45) is 4.92. The predicted octanol–water partition coefficient (Wildman–Crippen LogP) is 1.95. The third-order valence-electron chi connectivity index (χ3n) is 4.92. The molecule has 1 fully saturated rings. The molecule has 2 heterocycles. The van der Waals surface area contributed by atoms with Crippen molar-refractivity contribution in [3.63, 3.8) is 0 Å². The number of nitrogens with one attached hydrogen (secondary N) is 1. The minimum Gasteiger partial charge on any atom is -0.388 e. The van der Waals surface area contributed by atoms with Crippen LogP contribution in [0.3, 0.4) is 0 Å². The molecule has 3 rings (SSSR count). The van der Waals surface area contributed by atoms with Crippen molar-refractivity contribution in [1.82, 2.24) is 15.5 Å². The van der Waals surface area contributed by atoms with E-state index < -0.39 is 0 Å². The summed E-state index contributed by atoms with van der Waals surface area (Å²) in [6.45, 7) is 4.18. The van der Waals surface area contributed by atoms with Crippen molar-refractivity contribution < 1.29 is 14.4 Å². The van der Waals surface area contributed by atoms with Gasteiger partial charge >= 0.3 is 0 Å². The van der Waals surface area contributed by atoms with Crippen LogP contribution in [0.15, 0.2) is 35.1 Å². The Hall–Kier alpha value is -2.21. The Kier molecular flexibility index (Phi) is 4.17. The molecule has 0 aliphatic heterocycles. The highest BCUT2D eigenvalue weighted by atomic mass is 16.5. The molecule has 0 spiro atoms. The molecule has 122 valence electrons. The minimum atomic E-state index is -0.134. The molecule has 2 atom stereocenters. The third-order valence-corrected chi connectivity index (χ3v) is 4.92. The first-order valence-corrected chi connectivity index (χ1v) is 7.77. The van der Waals surface area contributed by atoms with Crippen molar-refractivity contribution in [2.24, 2.45) is 11.3 Å². The summed E-state index contributed by atoms with van der Waals surface area (Å²) in [5.74, 6) is 0.815. The topological polar surface area (TPSA) is 88.3 Å². The summed E-state index contributed by atoms with van der Waals surface area (Å²) in [5.41, 5.74) is 1.41. The van der Waals surface area contributed by atoms with Crippen molar-refractivity contribution in [1.29, 1.82) is 0 Å². The summed E-state index contributed by atoms with van der Waals surface area (Å²) in [7, 11) is 0. The molecule has 1 saturated carbocycles. The van der Waals surface area contributed by atoms with Crippen molar-refractivity contribution in [2.75, 3.05) is 0 Å². The Morgan fingerprint density at radius 3 is 2.96 bits per heavy atom. The molecule has 1 aliphatic rings. The maximum atomic E-state index is 12.2. The number of aromatic nitrogens is 2. The van der Waals surface area contributed by atoms with Gasteiger partial charge in [-0.1, -0.05) is 19.0 Å². The number of hydrogen-bond acceptors (Lipinski definition) is 5. The monoisotopic (exact) mass is 315 g/mol. The number of hydrogen-bond donors (Lipinski definition) is 2. The number of carbonyl (C=O) groups excluding carboxylic acids is 1. The molecule has 1 amide bonds. The number of aliphatic hydroxyl groups is 1. The van der Waals surface area contributed by atoms with Crippen molar-refractivity contribution in [3.05, 3.63) is 47.6 Å². The molecule has 0 saturated heterocycles. The lowest BCUT2D eigenvalue weighted by atomic mass is 9.57. The fourth-order valence-corrected chi connectivity index (χ4v) is 3.12. The predicted molar refractivity (Wildman–Crippen MR) is 83.5 cm³/mol. The SMILES string of the molecule is CC1(C)[C@H](Cc2cc(CO)on2)C[C@@H]1NC(=O)c1cccnc1. The van der Waals surface area contributed by atoms with Crippen LogP contribution in [0.5, 0.6) is 0 Å². The van der Waals surface area contributed by atoms with E-state index in [2.05, 4.69) is 29.3 Å². The van der Waals surface area contributed by atoms with E-state index in [0.717, 1.165) is 18.5 Å². The molecular weight excluding hydrogens is 294 g/mol. The zero-order valence-electron chi connectivity index (χ0n) is 13.3. The zero-order valence-corrected chi connectivity index (χ0v) is 13.3. The Bertz CT molecular complexity index is 681. The summed E-state index contributed by atoms with van der Waals surface area (Å²) in [6, 6.07) is 5.44. The molecule has 2 aromatic rings. The second-order valence-electron chi connectivity index (χ2n) is 6.67. The first kappa shape index (κ1) is 15.7. The van der Waals surface area contributed by atoms with Crippen molar-refractivity contribution in [3.8, 4) is 0 Å². The highest BCUT2D eigenvalue weighted by Gasteiger charge is 2.48. The minimum absolute atomic E-state index is 0.0177. The second-order valence-corrected chi connectivity index (χ2v) is 6.67. The first-order chi connectivity index (χ1) is 11.0. The van der Waals surface area contributed by atoms with Gasteiger partial charge in [0.2, 0.25) is 0 Å². The maximum Gasteiger partial charge on any atom is 0.253 e. The van der Waals surface area contributed by atoms with Gasteiger partial charge in [-0.15, -0.1) is 0 Å². The quantitative estimate of drug-likeness (QED) is 0.880. The number of amides is 1. The number of pyridine rings is 1. The largest absolute Gasteiger partial charge is 0.388 e. The molecule has 2 N–H and O–H groups in total. The molecule has 0 aromatic carbocycles. The van der Waals surface area contributed by atoms with E-state index in [1.807, 2.05) is 0 Å². The van der Waals surface area contributed by atoms with Crippen LogP contribution in [0.4, 0.5) is 0 Å². The van der Waals surface area contributed by atoms with E-state index in [-0.39, 0.29) is 24.0 Å². The summed E-state index contributed by atoms with van der Waals surface area (Å²) in [5, 5.41) is 16.1. The van der Waals surface area contributed by atoms with E-state index in [1.165, 1.54) is 0 Å². The Labute approximate surface area is 134 Å². The van der Waals surface area contributed by atoms with Crippen LogP contribution in [-0.4, -0.2) is 27.2 Å². The second kappa shape index (κ2) is 6.12. The highest BCUT2D eigenvalue weighted by Crippen LogP contribution is 2.47. The zero-order chi connectivity index (χ0) is 16.4. The van der Waals surface area contributed by atoms with E-state index in [9.17, 15) is 4.79 Å². The molecule has 6 nitrogen and oxygen atoms in total. The van der Waals surface area contributed by atoms with E-state index >= 15 is 0 Å². The fourth-order valence-electron chi connectivity index (χ4n) is 3.12. The van der Waals surface area contributed by atoms with Gasteiger partial charge in [-0.25, -0.2) is 0 Å². The van der Waals surface area contributed by atoms with Crippen molar-refractivity contribution in [2.45, 2.75) is 39.3 Å². The van der Waals surface area contributed by atoms with Crippen LogP contribution in [-0.2, 0) is 13.0 Å². The van der Waals surface area contributed by atoms with Gasteiger partial charge < -0.3 is 14.9 Å². The first-order valence-electron chi connectivity index (χ1n) is 7.77. The smallest absolute Gasteiger partial charge is 0.253 e. The molecule has 0 unspecified atom stereocenters. The molecule has 23 heavy (non-hydrogen) atoms. The standard InChI is InChI=1S/C17H21N3O3/c1-17(2)12(6-13-8-14(10-21)23-20-13)7-15(17)19-16(22)11-4-3-5-18-9-11/h3-5,8-9,12,15,21H,6-7,10H2,1-2H3,(H,19,22)/t12-,15+/m1/s1. The number of rotatable bonds is 5. The lowest BCUT2D eigenvalue weighted by molar-refractivity contribution is 0.0138. The maximum absolute atomic E-state index is 12.2. The molecule has 6 heteroatoms. The number of nitrogens with zero attached hydrogens (tertiary/aromatic N) is 2. The van der Waals surface area contributed by atoms with Gasteiger partial charge in [0.05, 0.1) is 11.3 Å². The molecule has 0 radical (unpaired) electrons.